The van der Waals surface area contributed by atoms with E-state index in [9.17, 15) is 10.1 Å². The van der Waals surface area contributed by atoms with Crippen molar-refractivity contribution in [2.45, 2.75) is 25.3 Å². The second kappa shape index (κ2) is 7.22. The highest BCUT2D eigenvalue weighted by Crippen LogP contribution is 2.33. The molecule has 0 amide bonds. The van der Waals surface area contributed by atoms with Gasteiger partial charge >= 0.3 is 0 Å². The summed E-state index contributed by atoms with van der Waals surface area (Å²) in [4.78, 5) is 10.3. The molecule has 0 aromatic heterocycles. The molecule has 0 heterocycles. The van der Waals surface area contributed by atoms with E-state index in [1.165, 1.54) is 6.07 Å². The molecule has 0 radical (unpaired) electrons. The van der Waals surface area contributed by atoms with Crippen LogP contribution in [0.15, 0.2) is 22.7 Å². The molecule has 1 rings (SSSR count). The molecule has 1 atom stereocenters. The summed E-state index contributed by atoms with van der Waals surface area (Å²) in [5, 5.41) is 22.7. The molecule has 1 aromatic carbocycles. The maximum atomic E-state index is 10.8. The Hall–Kier alpha value is -1.65. The average molecular weight is 342 g/mol. The number of hydrogen-bond acceptors (Lipinski definition) is 5. The summed E-state index contributed by atoms with van der Waals surface area (Å²) < 4.78 is 5.86. The molecule has 0 aliphatic heterocycles. The second-order valence-corrected chi connectivity index (χ2v) is 5.29. The van der Waals surface area contributed by atoms with Crippen molar-refractivity contribution in [3.63, 3.8) is 0 Å². The van der Waals surface area contributed by atoms with E-state index in [4.69, 9.17) is 10.00 Å². The molecule has 108 valence electrons. The number of halogens is 1. The van der Waals surface area contributed by atoms with Crippen LogP contribution in [0.4, 0.5) is 5.69 Å². The molecule has 0 saturated carbocycles. The Morgan fingerprint density at radius 3 is 2.85 bits per heavy atom. The molecule has 0 aliphatic rings. The lowest BCUT2D eigenvalue weighted by atomic mass is 9.98. The normalized spacial score (nSPS) is 13.3. The van der Waals surface area contributed by atoms with E-state index in [0.717, 1.165) is 0 Å². The van der Waals surface area contributed by atoms with E-state index in [0.29, 0.717) is 29.7 Å². The van der Waals surface area contributed by atoms with E-state index < -0.39 is 10.5 Å². The minimum atomic E-state index is -0.580. The fourth-order valence-electron chi connectivity index (χ4n) is 1.60. The number of benzene rings is 1. The zero-order chi connectivity index (χ0) is 15.2. The number of nitro groups is 1. The number of nitrogens with one attached hydrogen (secondary N) is 1. The van der Waals surface area contributed by atoms with Crippen LogP contribution in [-0.2, 0) is 0 Å². The van der Waals surface area contributed by atoms with Gasteiger partial charge in [-0.3, -0.25) is 10.1 Å². The number of hydrogen-bond donors (Lipinski definition) is 1. The smallest absolute Gasteiger partial charge is 0.287 e. The third-order valence-electron chi connectivity index (χ3n) is 3.02. The van der Waals surface area contributed by atoms with Gasteiger partial charge in [0.15, 0.2) is 0 Å². The van der Waals surface area contributed by atoms with Crippen LogP contribution < -0.4 is 10.1 Å². The molecule has 0 spiro atoms. The van der Waals surface area contributed by atoms with E-state index in [1.807, 2.05) is 6.92 Å². The van der Waals surface area contributed by atoms with Crippen LogP contribution in [-0.4, -0.2) is 24.1 Å². The zero-order valence-corrected chi connectivity index (χ0v) is 12.9. The molecule has 20 heavy (non-hydrogen) atoms. The van der Waals surface area contributed by atoms with Gasteiger partial charge in [-0.2, -0.15) is 5.26 Å². The van der Waals surface area contributed by atoms with Gasteiger partial charge in [0.25, 0.3) is 5.69 Å². The van der Waals surface area contributed by atoms with Gasteiger partial charge in [0.05, 0.1) is 17.6 Å². The molecule has 1 unspecified atom stereocenters. The summed E-state index contributed by atoms with van der Waals surface area (Å²) in [6, 6.07) is 6.84. The number of nitro benzene ring substituents is 1. The highest BCUT2D eigenvalue weighted by Gasteiger charge is 2.20. The van der Waals surface area contributed by atoms with Gasteiger partial charge in [-0.1, -0.05) is 6.07 Å². The minimum Gasteiger partial charge on any atom is -0.492 e. The Balaban J connectivity index is 2.58. The van der Waals surface area contributed by atoms with Crippen molar-refractivity contribution in [3.05, 3.63) is 32.8 Å². The van der Waals surface area contributed by atoms with Gasteiger partial charge in [-0.15, -0.1) is 0 Å². The topological polar surface area (TPSA) is 88.2 Å². The van der Waals surface area contributed by atoms with Crippen LogP contribution in [0.2, 0.25) is 0 Å². The monoisotopic (exact) mass is 341 g/mol. The third kappa shape index (κ3) is 4.18. The predicted octanol–water partition coefficient (Wildman–Crippen LogP) is 3.02. The lowest BCUT2D eigenvalue weighted by Crippen LogP contribution is -2.38. The minimum absolute atomic E-state index is 0.0282. The number of nitrogens with zero attached hydrogens (tertiary/aromatic N) is 2. The molecule has 0 bridgehead atoms. The van der Waals surface area contributed by atoms with Crippen LogP contribution in [0.3, 0.4) is 0 Å². The first kappa shape index (κ1) is 16.4. The molecule has 1 N–H and O–H groups in total. The Kier molecular flexibility index (Phi) is 5.92. The number of ether oxygens (including phenoxy) is 1. The van der Waals surface area contributed by atoms with Crippen molar-refractivity contribution in [2.75, 3.05) is 13.7 Å². The summed E-state index contributed by atoms with van der Waals surface area (Å²) in [5.74, 6) is 0.433. The molecular weight excluding hydrogens is 326 g/mol. The zero-order valence-electron chi connectivity index (χ0n) is 11.4. The Morgan fingerprint density at radius 2 is 2.30 bits per heavy atom. The predicted molar refractivity (Wildman–Crippen MR) is 78.6 cm³/mol. The first-order valence-corrected chi connectivity index (χ1v) is 6.88. The third-order valence-corrected chi connectivity index (χ3v) is 3.81. The molecular formula is C13H16BrN3O3. The Bertz CT molecular complexity index is 530. The van der Waals surface area contributed by atoms with Crippen molar-refractivity contribution in [3.8, 4) is 11.8 Å². The molecule has 6 nitrogen and oxygen atoms in total. The summed E-state index contributed by atoms with van der Waals surface area (Å²) >= 11 is 3.17. The van der Waals surface area contributed by atoms with Crippen molar-refractivity contribution >= 4 is 21.6 Å². The highest BCUT2D eigenvalue weighted by molar-refractivity contribution is 9.10. The van der Waals surface area contributed by atoms with Gasteiger partial charge in [0, 0.05) is 6.07 Å². The number of rotatable bonds is 7. The second-order valence-electron chi connectivity index (χ2n) is 4.49. The quantitative estimate of drug-likeness (QED) is 0.467. The van der Waals surface area contributed by atoms with Crippen molar-refractivity contribution in [1.29, 1.82) is 5.26 Å². The van der Waals surface area contributed by atoms with Crippen LogP contribution in [0.5, 0.6) is 5.75 Å². The van der Waals surface area contributed by atoms with Crippen LogP contribution in [0.1, 0.15) is 19.8 Å². The van der Waals surface area contributed by atoms with Crippen molar-refractivity contribution in [2.24, 2.45) is 0 Å². The Labute approximate surface area is 126 Å². The lowest BCUT2D eigenvalue weighted by Gasteiger charge is -2.20. The van der Waals surface area contributed by atoms with E-state index in [-0.39, 0.29) is 5.69 Å². The van der Waals surface area contributed by atoms with E-state index >= 15 is 0 Å². The SMILES string of the molecule is CNC(C)(C#N)CCCOc1cccc([N+](=O)[O-])c1Br. The lowest BCUT2D eigenvalue weighted by molar-refractivity contribution is -0.385. The average Bonchev–Trinajstić information content (AvgIpc) is 2.44. The number of nitriles is 1. The first-order chi connectivity index (χ1) is 9.43. The summed E-state index contributed by atoms with van der Waals surface area (Å²) in [5.41, 5.74) is -0.608. The van der Waals surface area contributed by atoms with E-state index in [2.05, 4.69) is 27.3 Å². The molecule has 0 aliphatic carbocycles. The fraction of sp³-hybridized carbons (Fsp3) is 0.462. The standard InChI is InChI=1S/C13H16BrN3O3/c1-13(9-15,16-2)7-4-8-20-11-6-3-5-10(12(11)14)17(18)19/h3,5-6,16H,4,7-8H2,1-2H3. The molecule has 0 fully saturated rings. The van der Waals surface area contributed by atoms with Crippen molar-refractivity contribution in [1.82, 2.24) is 5.32 Å². The van der Waals surface area contributed by atoms with Crippen LogP contribution in [0.25, 0.3) is 0 Å². The van der Waals surface area contributed by atoms with Gasteiger partial charge < -0.3 is 10.1 Å². The fourth-order valence-corrected chi connectivity index (χ4v) is 2.12. The maximum absolute atomic E-state index is 10.8. The van der Waals surface area contributed by atoms with E-state index in [1.54, 1.807) is 19.2 Å². The highest BCUT2D eigenvalue weighted by atomic mass is 79.9. The van der Waals surface area contributed by atoms with Gasteiger partial charge in [-0.05, 0) is 48.8 Å². The molecule has 0 saturated heterocycles. The van der Waals surface area contributed by atoms with Gasteiger partial charge in [0.1, 0.15) is 15.8 Å². The van der Waals surface area contributed by atoms with Crippen molar-refractivity contribution < 1.29 is 9.66 Å². The summed E-state index contributed by atoms with van der Waals surface area (Å²) in [6.45, 7) is 2.20. The van der Waals surface area contributed by atoms with Crippen LogP contribution in [0, 0.1) is 21.4 Å². The van der Waals surface area contributed by atoms with Gasteiger partial charge in [-0.25, -0.2) is 0 Å². The molecule has 1 aromatic rings. The largest absolute Gasteiger partial charge is 0.492 e. The molecule has 7 heteroatoms. The van der Waals surface area contributed by atoms with Crippen LogP contribution >= 0.6 is 15.9 Å². The Morgan fingerprint density at radius 1 is 1.60 bits per heavy atom. The summed E-state index contributed by atoms with van der Waals surface area (Å²) in [7, 11) is 1.74. The first-order valence-electron chi connectivity index (χ1n) is 6.09. The van der Waals surface area contributed by atoms with Gasteiger partial charge in [0.2, 0.25) is 0 Å². The maximum Gasteiger partial charge on any atom is 0.287 e. The summed E-state index contributed by atoms with van der Waals surface area (Å²) in [6.07, 6.45) is 1.30.